The van der Waals surface area contributed by atoms with Crippen molar-refractivity contribution in [2.45, 2.75) is 38.6 Å². The molecule has 0 saturated heterocycles. The highest BCUT2D eigenvalue weighted by molar-refractivity contribution is 5.73. The monoisotopic (exact) mass is 552 g/mol. The summed E-state index contributed by atoms with van der Waals surface area (Å²) in [6.45, 7) is 6.35. The van der Waals surface area contributed by atoms with Gasteiger partial charge in [-0.2, -0.15) is 0 Å². The lowest BCUT2D eigenvalue weighted by Gasteiger charge is -2.23. The number of pyridine rings is 2. The third kappa shape index (κ3) is 11.2. The smallest absolute Gasteiger partial charge is 0.321 e. The van der Waals surface area contributed by atoms with Gasteiger partial charge in [-0.25, -0.2) is 0 Å². The molecule has 2 heterocycles. The number of carboxylic acids is 1. The van der Waals surface area contributed by atoms with E-state index in [0.29, 0.717) is 13.0 Å². The number of carbonyl (C=O) groups is 1. The van der Waals surface area contributed by atoms with E-state index >= 15 is 0 Å². The zero-order valence-electron chi connectivity index (χ0n) is 23.5. The Hall–Kier alpha value is -3.95. The number of benzene rings is 2. The molecule has 4 aromatic rings. The molecule has 0 amide bonds. The summed E-state index contributed by atoms with van der Waals surface area (Å²) >= 11 is 0. The highest BCUT2D eigenvalue weighted by Gasteiger charge is 2.17. The van der Waals surface area contributed by atoms with E-state index < -0.39 is 12.0 Å². The maximum absolute atomic E-state index is 11.8. The molecule has 8 heteroatoms. The van der Waals surface area contributed by atoms with Crippen LogP contribution < -0.4 is 16.0 Å². The SMILES string of the molecule is O=C(O)[C@H](Cc1ccccc1)NCc1ccc(CN(CCNCc2ccccn2)CCNCc2ccccn2)cc1. The normalized spacial score (nSPS) is 11.9. The first-order chi connectivity index (χ1) is 20.2. The fourth-order valence-electron chi connectivity index (χ4n) is 4.54. The van der Waals surface area contributed by atoms with E-state index in [1.54, 1.807) is 0 Å². The molecule has 1 atom stereocenters. The van der Waals surface area contributed by atoms with Crippen LogP contribution in [0.3, 0.4) is 0 Å². The zero-order chi connectivity index (χ0) is 28.5. The van der Waals surface area contributed by atoms with Crippen molar-refractivity contribution in [3.05, 3.63) is 131 Å². The van der Waals surface area contributed by atoms with Crippen LogP contribution in [0.25, 0.3) is 0 Å². The van der Waals surface area contributed by atoms with Gasteiger partial charge in [-0.15, -0.1) is 0 Å². The Morgan fingerprint density at radius 2 is 1.24 bits per heavy atom. The van der Waals surface area contributed by atoms with Gasteiger partial charge in [0.2, 0.25) is 0 Å². The summed E-state index contributed by atoms with van der Waals surface area (Å²) in [7, 11) is 0. The molecule has 2 aromatic heterocycles. The Morgan fingerprint density at radius 1 is 0.683 bits per heavy atom. The Morgan fingerprint density at radius 3 is 1.78 bits per heavy atom. The largest absolute Gasteiger partial charge is 0.480 e. The highest BCUT2D eigenvalue weighted by atomic mass is 16.4. The van der Waals surface area contributed by atoms with Crippen LogP contribution in [-0.4, -0.2) is 58.2 Å². The van der Waals surface area contributed by atoms with Crippen LogP contribution in [0.5, 0.6) is 0 Å². The minimum Gasteiger partial charge on any atom is -0.480 e. The van der Waals surface area contributed by atoms with Gasteiger partial charge < -0.3 is 21.1 Å². The molecule has 0 aliphatic heterocycles. The van der Waals surface area contributed by atoms with Gasteiger partial charge in [0.05, 0.1) is 11.4 Å². The van der Waals surface area contributed by atoms with Crippen molar-refractivity contribution in [3.8, 4) is 0 Å². The second-order valence-corrected chi connectivity index (χ2v) is 10.0. The molecule has 0 radical (unpaired) electrons. The summed E-state index contributed by atoms with van der Waals surface area (Å²) in [6, 6.07) is 29.5. The van der Waals surface area contributed by atoms with Crippen LogP contribution in [0.15, 0.2) is 103 Å². The molecule has 0 aliphatic rings. The predicted molar refractivity (Wildman–Crippen MR) is 162 cm³/mol. The minimum atomic E-state index is -0.838. The lowest BCUT2D eigenvalue weighted by atomic mass is 10.1. The summed E-state index contributed by atoms with van der Waals surface area (Å²) in [5.41, 5.74) is 5.37. The second kappa shape index (κ2) is 17.0. The number of carboxylic acid groups (broad SMARTS) is 1. The maximum Gasteiger partial charge on any atom is 0.321 e. The fraction of sp³-hybridized carbons (Fsp3) is 0.303. The van der Waals surface area contributed by atoms with E-state index in [1.165, 1.54) is 5.56 Å². The molecule has 0 saturated carbocycles. The Balaban J connectivity index is 1.27. The van der Waals surface area contributed by atoms with Crippen LogP contribution in [0.2, 0.25) is 0 Å². The quantitative estimate of drug-likeness (QED) is 0.139. The summed E-state index contributed by atoms with van der Waals surface area (Å²) in [6.07, 6.45) is 4.09. The zero-order valence-corrected chi connectivity index (χ0v) is 23.5. The first-order valence-corrected chi connectivity index (χ1v) is 14.2. The number of hydrogen-bond acceptors (Lipinski definition) is 7. The van der Waals surface area contributed by atoms with Crippen LogP contribution in [0, 0.1) is 0 Å². The lowest BCUT2D eigenvalue weighted by Crippen LogP contribution is -2.38. The van der Waals surface area contributed by atoms with Gasteiger partial charge in [0.15, 0.2) is 0 Å². The summed E-state index contributed by atoms with van der Waals surface area (Å²) in [5, 5.41) is 19.9. The van der Waals surface area contributed by atoms with E-state index in [4.69, 9.17) is 0 Å². The van der Waals surface area contributed by atoms with Crippen LogP contribution in [-0.2, 0) is 37.4 Å². The lowest BCUT2D eigenvalue weighted by molar-refractivity contribution is -0.139. The van der Waals surface area contributed by atoms with Gasteiger partial charge in [0.1, 0.15) is 6.04 Å². The molecule has 41 heavy (non-hydrogen) atoms. The topological polar surface area (TPSA) is 102 Å². The van der Waals surface area contributed by atoms with Crippen molar-refractivity contribution in [3.63, 3.8) is 0 Å². The number of aromatic nitrogens is 2. The van der Waals surface area contributed by atoms with E-state index in [9.17, 15) is 9.90 Å². The molecule has 8 nitrogen and oxygen atoms in total. The molecule has 0 fully saturated rings. The third-order valence-corrected chi connectivity index (χ3v) is 6.84. The number of hydrogen-bond donors (Lipinski definition) is 4. The summed E-state index contributed by atoms with van der Waals surface area (Å²) in [5.74, 6) is -0.838. The van der Waals surface area contributed by atoms with Crippen molar-refractivity contribution in [2.75, 3.05) is 26.2 Å². The van der Waals surface area contributed by atoms with Crippen LogP contribution >= 0.6 is 0 Å². The maximum atomic E-state index is 11.8. The van der Waals surface area contributed by atoms with Crippen LogP contribution in [0.4, 0.5) is 0 Å². The van der Waals surface area contributed by atoms with Gasteiger partial charge in [-0.3, -0.25) is 19.7 Å². The van der Waals surface area contributed by atoms with Crippen LogP contribution in [0.1, 0.15) is 28.1 Å². The molecule has 0 unspecified atom stereocenters. The molecule has 0 spiro atoms. The van der Waals surface area contributed by atoms with Gasteiger partial charge in [0, 0.05) is 64.8 Å². The molecule has 2 aromatic carbocycles. The van der Waals surface area contributed by atoms with Crippen molar-refractivity contribution in [1.29, 1.82) is 0 Å². The fourth-order valence-corrected chi connectivity index (χ4v) is 4.54. The van der Waals surface area contributed by atoms with Crippen molar-refractivity contribution in [2.24, 2.45) is 0 Å². The van der Waals surface area contributed by atoms with Crippen molar-refractivity contribution in [1.82, 2.24) is 30.8 Å². The Bertz CT molecular complexity index is 1230. The van der Waals surface area contributed by atoms with Gasteiger partial charge in [-0.1, -0.05) is 66.7 Å². The molecule has 214 valence electrons. The number of nitrogens with zero attached hydrogens (tertiary/aromatic N) is 3. The number of rotatable bonds is 18. The average molecular weight is 553 g/mol. The standard InChI is InChI=1S/C33H40N6O2/c40-33(41)32(22-27-8-2-1-3-9-27)38-23-28-12-14-29(15-13-28)26-39(20-18-34-24-30-10-4-6-16-36-30)21-19-35-25-31-11-5-7-17-37-31/h1-17,32,34-35,38H,18-26H2,(H,40,41)/t32-/m0/s1. The van der Waals surface area contributed by atoms with E-state index in [2.05, 4.69) is 55.1 Å². The van der Waals surface area contributed by atoms with E-state index in [1.807, 2.05) is 79.1 Å². The number of nitrogens with one attached hydrogen (secondary N) is 3. The van der Waals surface area contributed by atoms with E-state index in [0.717, 1.165) is 68.3 Å². The molecule has 4 rings (SSSR count). The molecule has 0 aliphatic carbocycles. The number of aliphatic carboxylic acids is 1. The molecule has 4 N–H and O–H groups in total. The van der Waals surface area contributed by atoms with Crippen molar-refractivity contribution < 1.29 is 9.90 Å². The van der Waals surface area contributed by atoms with Gasteiger partial charge in [0.25, 0.3) is 0 Å². The van der Waals surface area contributed by atoms with E-state index in [-0.39, 0.29) is 0 Å². The predicted octanol–water partition coefficient (Wildman–Crippen LogP) is 3.64. The first kappa shape index (κ1) is 30.0. The Kier molecular flexibility index (Phi) is 12.4. The molecular formula is C33H40N6O2. The minimum absolute atomic E-state index is 0.450. The third-order valence-electron chi connectivity index (χ3n) is 6.84. The summed E-state index contributed by atoms with van der Waals surface area (Å²) in [4.78, 5) is 23.0. The first-order valence-electron chi connectivity index (χ1n) is 14.2. The highest BCUT2D eigenvalue weighted by Crippen LogP contribution is 2.10. The second-order valence-electron chi connectivity index (χ2n) is 10.0. The van der Waals surface area contributed by atoms with Gasteiger partial charge >= 0.3 is 5.97 Å². The van der Waals surface area contributed by atoms with Gasteiger partial charge in [-0.05, 0) is 47.4 Å². The average Bonchev–Trinajstić information content (AvgIpc) is 3.01. The Labute approximate surface area is 242 Å². The molecular weight excluding hydrogens is 512 g/mol. The summed E-state index contributed by atoms with van der Waals surface area (Å²) < 4.78 is 0. The molecule has 0 bridgehead atoms. The van der Waals surface area contributed by atoms with Crippen molar-refractivity contribution >= 4 is 5.97 Å².